The Balaban J connectivity index is 1.42. The first-order valence-electron chi connectivity index (χ1n) is 9.65. The van der Waals surface area contributed by atoms with E-state index in [9.17, 15) is 9.18 Å². The smallest absolute Gasteiger partial charge is 0.223 e. The molecule has 5 nitrogen and oxygen atoms in total. The van der Waals surface area contributed by atoms with E-state index in [0.717, 1.165) is 19.5 Å². The molecule has 3 rings (SSSR count). The molecule has 0 saturated carbocycles. The van der Waals surface area contributed by atoms with Crippen LogP contribution in [0.2, 0.25) is 0 Å². The first-order valence-corrected chi connectivity index (χ1v) is 9.65. The van der Waals surface area contributed by atoms with Crippen LogP contribution in [-0.2, 0) is 17.8 Å². The van der Waals surface area contributed by atoms with Crippen molar-refractivity contribution in [3.63, 3.8) is 0 Å². The first-order chi connectivity index (χ1) is 13.7. The number of hydrogen-bond acceptors (Lipinski definition) is 2. The summed E-state index contributed by atoms with van der Waals surface area (Å²) in [4.78, 5) is 18.4. The number of carbonyl (C=O) groups is 1. The zero-order valence-electron chi connectivity index (χ0n) is 16.2. The van der Waals surface area contributed by atoms with Gasteiger partial charge in [0, 0.05) is 51.1 Å². The van der Waals surface area contributed by atoms with Gasteiger partial charge in [0.1, 0.15) is 5.82 Å². The van der Waals surface area contributed by atoms with Crippen LogP contribution < -0.4 is 10.6 Å². The van der Waals surface area contributed by atoms with Gasteiger partial charge in [0.25, 0.3) is 0 Å². The summed E-state index contributed by atoms with van der Waals surface area (Å²) in [6.07, 6.45) is 1.42. The molecule has 0 aliphatic carbocycles. The van der Waals surface area contributed by atoms with E-state index >= 15 is 0 Å². The van der Waals surface area contributed by atoms with Gasteiger partial charge in [-0.15, -0.1) is 0 Å². The highest BCUT2D eigenvalue weighted by atomic mass is 19.1. The molecule has 1 aliphatic rings. The largest absolute Gasteiger partial charge is 0.356 e. The highest BCUT2D eigenvalue weighted by molar-refractivity contribution is 5.80. The number of aliphatic imine (C=N–C) groups is 1. The van der Waals surface area contributed by atoms with E-state index in [1.54, 1.807) is 19.2 Å². The number of rotatable bonds is 7. The minimum absolute atomic E-state index is 0.206. The summed E-state index contributed by atoms with van der Waals surface area (Å²) in [5.74, 6) is 0.826. The minimum Gasteiger partial charge on any atom is -0.356 e. The van der Waals surface area contributed by atoms with Crippen LogP contribution in [0.5, 0.6) is 0 Å². The Morgan fingerprint density at radius 3 is 2.64 bits per heavy atom. The van der Waals surface area contributed by atoms with Crippen molar-refractivity contribution in [1.82, 2.24) is 15.5 Å². The van der Waals surface area contributed by atoms with Crippen LogP contribution >= 0.6 is 0 Å². The van der Waals surface area contributed by atoms with Crippen molar-refractivity contribution < 1.29 is 9.18 Å². The molecular weight excluding hydrogens is 355 g/mol. The second-order valence-corrected chi connectivity index (χ2v) is 7.04. The predicted molar refractivity (Wildman–Crippen MR) is 109 cm³/mol. The molecule has 1 amide bonds. The second kappa shape index (κ2) is 9.88. The fraction of sp³-hybridized carbons (Fsp3) is 0.364. The van der Waals surface area contributed by atoms with Crippen molar-refractivity contribution in [3.05, 3.63) is 71.5 Å². The molecule has 1 unspecified atom stereocenters. The van der Waals surface area contributed by atoms with E-state index in [1.165, 1.54) is 11.6 Å². The molecule has 1 saturated heterocycles. The highest BCUT2D eigenvalue weighted by Gasteiger charge is 2.29. The lowest BCUT2D eigenvalue weighted by atomic mass is 10.1. The lowest BCUT2D eigenvalue weighted by Gasteiger charge is -2.18. The average molecular weight is 382 g/mol. The van der Waals surface area contributed by atoms with Crippen molar-refractivity contribution in [2.75, 3.05) is 26.7 Å². The molecule has 1 aliphatic heterocycles. The first kappa shape index (κ1) is 19.9. The van der Waals surface area contributed by atoms with Crippen molar-refractivity contribution in [3.8, 4) is 0 Å². The fourth-order valence-electron chi connectivity index (χ4n) is 3.40. The molecule has 0 radical (unpaired) electrons. The number of halogens is 1. The van der Waals surface area contributed by atoms with Crippen molar-refractivity contribution in [1.29, 1.82) is 0 Å². The molecule has 0 bridgehead atoms. The Morgan fingerprint density at radius 1 is 1.14 bits per heavy atom. The lowest BCUT2D eigenvalue weighted by molar-refractivity contribution is -0.127. The lowest BCUT2D eigenvalue weighted by Crippen LogP contribution is -2.40. The van der Waals surface area contributed by atoms with Gasteiger partial charge in [0.15, 0.2) is 5.96 Å². The number of benzene rings is 2. The summed E-state index contributed by atoms with van der Waals surface area (Å²) in [6.45, 7) is 2.52. The highest BCUT2D eigenvalue weighted by Crippen LogP contribution is 2.17. The standard InChI is InChI=1S/C22H27FN4O/c1-24-22(26-15-19-9-5-6-10-20(19)23)25-14-18-13-21(28)27(16-18)12-11-17-7-3-2-4-8-17/h2-10,18H,11-16H2,1H3,(H2,24,25,26). The summed E-state index contributed by atoms with van der Waals surface area (Å²) in [7, 11) is 1.68. The molecule has 28 heavy (non-hydrogen) atoms. The monoisotopic (exact) mass is 382 g/mol. The van der Waals surface area contributed by atoms with Crippen LogP contribution in [0.3, 0.4) is 0 Å². The summed E-state index contributed by atoms with van der Waals surface area (Å²) in [6, 6.07) is 16.9. The summed E-state index contributed by atoms with van der Waals surface area (Å²) in [5.41, 5.74) is 1.84. The third-order valence-electron chi connectivity index (χ3n) is 4.99. The van der Waals surface area contributed by atoms with Gasteiger partial charge in [-0.3, -0.25) is 9.79 Å². The van der Waals surface area contributed by atoms with Crippen LogP contribution in [0.1, 0.15) is 17.5 Å². The summed E-state index contributed by atoms with van der Waals surface area (Å²) in [5, 5.41) is 6.37. The van der Waals surface area contributed by atoms with Gasteiger partial charge in [-0.1, -0.05) is 48.5 Å². The molecule has 0 aromatic heterocycles. The maximum Gasteiger partial charge on any atom is 0.223 e. The number of carbonyl (C=O) groups excluding carboxylic acids is 1. The van der Waals surface area contributed by atoms with Gasteiger partial charge in [0.05, 0.1) is 0 Å². The number of nitrogens with one attached hydrogen (secondary N) is 2. The Labute approximate surface area is 165 Å². The number of amides is 1. The van der Waals surface area contributed by atoms with Crippen LogP contribution in [0, 0.1) is 11.7 Å². The van der Waals surface area contributed by atoms with Crippen LogP contribution in [0.4, 0.5) is 4.39 Å². The van der Waals surface area contributed by atoms with Gasteiger partial charge >= 0.3 is 0 Å². The van der Waals surface area contributed by atoms with Crippen molar-refractivity contribution in [2.24, 2.45) is 10.9 Å². The van der Waals surface area contributed by atoms with E-state index < -0.39 is 0 Å². The van der Waals surface area contributed by atoms with Crippen molar-refractivity contribution in [2.45, 2.75) is 19.4 Å². The second-order valence-electron chi connectivity index (χ2n) is 7.04. The van der Waals surface area contributed by atoms with Crippen LogP contribution in [0.15, 0.2) is 59.6 Å². The molecular formula is C22H27FN4O. The molecule has 1 fully saturated rings. The molecule has 0 spiro atoms. The number of likely N-dealkylation sites (tertiary alicyclic amines) is 1. The fourth-order valence-corrected chi connectivity index (χ4v) is 3.40. The number of hydrogen-bond donors (Lipinski definition) is 2. The van der Waals surface area contributed by atoms with Crippen LogP contribution in [-0.4, -0.2) is 43.4 Å². The van der Waals surface area contributed by atoms with E-state index in [4.69, 9.17) is 0 Å². The zero-order chi connectivity index (χ0) is 19.8. The molecule has 1 heterocycles. The summed E-state index contributed by atoms with van der Waals surface area (Å²) >= 11 is 0. The maximum absolute atomic E-state index is 13.7. The Bertz CT molecular complexity index is 809. The average Bonchev–Trinajstić information content (AvgIpc) is 3.08. The van der Waals surface area contributed by atoms with E-state index in [2.05, 4.69) is 27.8 Å². The van der Waals surface area contributed by atoms with Crippen molar-refractivity contribution >= 4 is 11.9 Å². The predicted octanol–water partition coefficient (Wildman–Crippen LogP) is 2.58. The van der Waals surface area contributed by atoms with E-state index in [1.807, 2.05) is 29.2 Å². The van der Waals surface area contributed by atoms with Gasteiger partial charge < -0.3 is 15.5 Å². The maximum atomic E-state index is 13.7. The number of nitrogens with zero attached hydrogens (tertiary/aromatic N) is 2. The van der Waals surface area contributed by atoms with Crippen LogP contribution in [0.25, 0.3) is 0 Å². The third-order valence-corrected chi connectivity index (χ3v) is 4.99. The zero-order valence-corrected chi connectivity index (χ0v) is 16.2. The van der Waals surface area contributed by atoms with Gasteiger partial charge in [-0.05, 0) is 18.1 Å². The Morgan fingerprint density at radius 2 is 1.89 bits per heavy atom. The van der Waals surface area contributed by atoms with Gasteiger partial charge in [-0.25, -0.2) is 4.39 Å². The molecule has 148 valence electrons. The molecule has 2 aromatic rings. The topological polar surface area (TPSA) is 56.7 Å². The minimum atomic E-state index is -0.235. The molecule has 2 aromatic carbocycles. The molecule has 1 atom stereocenters. The molecule has 2 N–H and O–H groups in total. The third kappa shape index (κ3) is 5.55. The normalized spacial score (nSPS) is 17.1. The van der Waals surface area contributed by atoms with E-state index in [0.29, 0.717) is 31.0 Å². The summed E-state index contributed by atoms with van der Waals surface area (Å²) < 4.78 is 13.7. The quantitative estimate of drug-likeness (QED) is 0.572. The van der Waals surface area contributed by atoms with Gasteiger partial charge in [0.2, 0.25) is 5.91 Å². The number of guanidine groups is 1. The van der Waals surface area contributed by atoms with Gasteiger partial charge in [-0.2, -0.15) is 0 Å². The molecule has 6 heteroatoms. The van der Waals surface area contributed by atoms with E-state index in [-0.39, 0.29) is 17.6 Å². The SMILES string of the molecule is CN=C(NCc1ccccc1F)NCC1CC(=O)N(CCc2ccccc2)C1. The Kier molecular flexibility index (Phi) is 7.00. The Hall–Kier alpha value is -2.89.